The van der Waals surface area contributed by atoms with E-state index in [4.69, 9.17) is 15.7 Å². The Balaban J connectivity index is 1.70. The molecule has 1 aromatic rings. The van der Waals surface area contributed by atoms with Gasteiger partial charge in [0.05, 0.1) is 6.04 Å². The fourth-order valence-electron chi connectivity index (χ4n) is 3.80. The predicted octanol–water partition coefficient (Wildman–Crippen LogP) is 3.25. The molecule has 1 unspecified atom stereocenters. The lowest BCUT2D eigenvalue weighted by molar-refractivity contribution is 0.200. The van der Waals surface area contributed by atoms with Crippen LogP contribution in [0.2, 0.25) is 0 Å². The SMILES string of the molecule is C[C@@H]1CC(N=Cc2ccc(C3=NC[C@@H](C)CC3)cc2N)CN(C)C1. The van der Waals surface area contributed by atoms with E-state index in [-0.39, 0.29) is 0 Å². The van der Waals surface area contributed by atoms with Gasteiger partial charge in [0.15, 0.2) is 0 Å². The number of nitrogen functional groups attached to an aromatic ring is 1. The molecule has 130 valence electrons. The number of likely N-dealkylation sites (tertiary alicyclic amines) is 1. The normalized spacial score (nSPS) is 29.0. The summed E-state index contributed by atoms with van der Waals surface area (Å²) in [5, 5.41) is 0. The maximum Gasteiger partial charge on any atom is 0.0629 e. The van der Waals surface area contributed by atoms with E-state index in [0.717, 1.165) is 37.2 Å². The number of rotatable bonds is 3. The molecule has 2 aliphatic rings. The third kappa shape index (κ3) is 4.23. The molecule has 1 saturated heterocycles. The first-order valence-electron chi connectivity index (χ1n) is 9.16. The maximum absolute atomic E-state index is 6.27. The van der Waals surface area contributed by atoms with E-state index < -0.39 is 0 Å². The van der Waals surface area contributed by atoms with Crippen molar-refractivity contribution >= 4 is 17.6 Å². The molecular formula is C20H30N4. The summed E-state index contributed by atoms with van der Waals surface area (Å²) in [6, 6.07) is 6.67. The second kappa shape index (κ2) is 7.47. The second-order valence-electron chi connectivity index (χ2n) is 7.77. The van der Waals surface area contributed by atoms with Gasteiger partial charge in [0.2, 0.25) is 0 Å². The van der Waals surface area contributed by atoms with Crippen molar-refractivity contribution in [3.8, 4) is 0 Å². The second-order valence-corrected chi connectivity index (χ2v) is 7.77. The topological polar surface area (TPSA) is 54.0 Å². The van der Waals surface area contributed by atoms with Crippen molar-refractivity contribution in [1.29, 1.82) is 0 Å². The van der Waals surface area contributed by atoms with Gasteiger partial charge in [-0.05, 0) is 49.8 Å². The van der Waals surface area contributed by atoms with Crippen LogP contribution in [0.1, 0.15) is 44.2 Å². The van der Waals surface area contributed by atoms with Crippen LogP contribution in [-0.4, -0.2) is 49.5 Å². The molecule has 0 saturated carbocycles. The van der Waals surface area contributed by atoms with Crippen LogP contribution in [0.4, 0.5) is 5.69 Å². The number of nitrogens with two attached hydrogens (primary N) is 1. The summed E-state index contributed by atoms with van der Waals surface area (Å²) in [4.78, 5) is 11.9. The van der Waals surface area contributed by atoms with Crippen LogP contribution in [0, 0.1) is 11.8 Å². The third-order valence-corrected chi connectivity index (χ3v) is 5.13. The van der Waals surface area contributed by atoms with Crippen LogP contribution in [0.15, 0.2) is 28.2 Å². The number of nitrogens with zero attached hydrogens (tertiary/aromatic N) is 3. The quantitative estimate of drug-likeness (QED) is 0.685. The van der Waals surface area contributed by atoms with Crippen LogP contribution in [0.3, 0.4) is 0 Å². The Morgan fingerprint density at radius 3 is 2.75 bits per heavy atom. The summed E-state index contributed by atoms with van der Waals surface area (Å²) in [6.45, 7) is 7.70. The fraction of sp³-hybridized carbons (Fsp3) is 0.600. The Morgan fingerprint density at radius 1 is 1.25 bits per heavy atom. The van der Waals surface area contributed by atoms with Gasteiger partial charge in [-0.15, -0.1) is 0 Å². The van der Waals surface area contributed by atoms with Crippen molar-refractivity contribution in [2.45, 2.75) is 39.2 Å². The zero-order chi connectivity index (χ0) is 17.1. The Labute approximate surface area is 145 Å². The van der Waals surface area contributed by atoms with E-state index >= 15 is 0 Å². The molecule has 2 aliphatic heterocycles. The molecule has 3 atom stereocenters. The highest BCUT2D eigenvalue weighted by atomic mass is 15.1. The number of anilines is 1. The molecule has 24 heavy (non-hydrogen) atoms. The van der Waals surface area contributed by atoms with Gasteiger partial charge in [-0.3, -0.25) is 9.98 Å². The Kier molecular flexibility index (Phi) is 5.34. The zero-order valence-electron chi connectivity index (χ0n) is 15.2. The molecule has 0 aromatic heterocycles. The first kappa shape index (κ1) is 17.2. The van der Waals surface area contributed by atoms with Gasteiger partial charge in [0, 0.05) is 42.8 Å². The molecule has 0 radical (unpaired) electrons. The lowest BCUT2D eigenvalue weighted by atomic mass is 9.95. The molecule has 1 fully saturated rings. The molecule has 0 spiro atoms. The summed E-state index contributed by atoms with van der Waals surface area (Å²) in [6.07, 6.45) is 5.39. The van der Waals surface area contributed by atoms with E-state index in [9.17, 15) is 0 Å². The molecule has 0 aliphatic carbocycles. The van der Waals surface area contributed by atoms with Crippen molar-refractivity contribution < 1.29 is 0 Å². The van der Waals surface area contributed by atoms with Crippen LogP contribution in [0.25, 0.3) is 0 Å². The van der Waals surface area contributed by atoms with Crippen molar-refractivity contribution in [2.75, 3.05) is 32.4 Å². The monoisotopic (exact) mass is 326 g/mol. The summed E-state index contributed by atoms with van der Waals surface area (Å²) in [5.74, 6) is 1.41. The highest BCUT2D eigenvalue weighted by molar-refractivity contribution is 6.02. The van der Waals surface area contributed by atoms with Crippen molar-refractivity contribution in [1.82, 2.24) is 4.90 Å². The maximum atomic E-state index is 6.27. The lowest BCUT2D eigenvalue weighted by Crippen LogP contribution is -2.39. The number of benzene rings is 1. The molecule has 3 rings (SSSR count). The van der Waals surface area contributed by atoms with Gasteiger partial charge in [-0.25, -0.2) is 0 Å². The molecule has 2 heterocycles. The third-order valence-electron chi connectivity index (χ3n) is 5.13. The molecule has 4 heteroatoms. The fourth-order valence-corrected chi connectivity index (χ4v) is 3.80. The van der Waals surface area contributed by atoms with Gasteiger partial charge in [-0.1, -0.05) is 26.0 Å². The van der Waals surface area contributed by atoms with E-state index in [1.165, 1.54) is 24.2 Å². The van der Waals surface area contributed by atoms with Crippen molar-refractivity contribution in [2.24, 2.45) is 21.8 Å². The average molecular weight is 326 g/mol. The van der Waals surface area contributed by atoms with Gasteiger partial charge < -0.3 is 10.6 Å². The largest absolute Gasteiger partial charge is 0.398 e. The molecule has 2 N–H and O–H groups in total. The molecule has 0 amide bonds. The molecule has 1 aromatic carbocycles. The lowest BCUT2D eigenvalue weighted by Gasteiger charge is -2.31. The van der Waals surface area contributed by atoms with Crippen LogP contribution in [-0.2, 0) is 0 Å². The number of hydrogen-bond donors (Lipinski definition) is 1. The van der Waals surface area contributed by atoms with E-state index in [2.05, 4.69) is 44.0 Å². The highest BCUT2D eigenvalue weighted by Crippen LogP contribution is 2.21. The van der Waals surface area contributed by atoms with E-state index in [1.54, 1.807) is 0 Å². The van der Waals surface area contributed by atoms with E-state index in [1.807, 2.05) is 6.21 Å². The van der Waals surface area contributed by atoms with Gasteiger partial charge in [0.1, 0.15) is 0 Å². The molecule has 0 bridgehead atoms. The first-order chi connectivity index (χ1) is 11.5. The minimum absolute atomic E-state index is 0.377. The molecular weight excluding hydrogens is 296 g/mol. The minimum Gasteiger partial charge on any atom is -0.398 e. The Bertz CT molecular complexity index is 625. The summed E-state index contributed by atoms with van der Waals surface area (Å²) in [5.41, 5.74) is 10.5. The zero-order valence-corrected chi connectivity index (χ0v) is 15.2. The predicted molar refractivity (Wildman–Crippen MR) is 103 cm³/mol. The standard InChI is InChI=1S/C20H30N4/c1-14-4-7-20(23-10-14)16-5-6-17(19(21)9-16)11-22-18-8-15(2)12-24(3)13-18/h5-6,9,11,14-15,18H,4,7-8,10,12-13,21H2,1-3H3/t14-,15+,18?/m0/s1. The number of hydrogen-bond acceptors (Lipinski definition) is 4. The van der Waals surface area contributed by atoms with Gasteiger partial charge in [0.25, 0.3) is 0 Å². The van der Waals surface area contributed by atoms with Gasteiger partial charge >= 0.3 is 0 Å². The summed E-state index contributed by atoms with van der Waals surface area (Å²) >= 11 is 0. The van der Waals surface area contributed by atoms with Crippen LogP contribution < -0.4 is 5.73 Å². The minimum atomic E-state index is 0.377. The van der Waals surface area contributed by atoms with Crippen molar-refractivity contribution in [3.63, 3.8) is 0 Å². The Hall–Kier alpha value is -1.68. The number of piperidine rings is 1. The van der Waals surface area contributed by atoms with Crippen molar-refractivity contribution in [3.05, 3.63) is 29.3 Å². The van der Waals surface area contributed by atoms with Crippen LogP contribution >= 0.6 is 0 Å². The number of likely N-dealkylation sites (N-methyl/N-ethyl adjacent to an activating group) is 1. The Morgan fingerprint density at radius 2 is 2.08 bits per heavy atom. The summed E-state index contributed by atoms with van der Waals surface area (Å²) < 4.78 is 0. The highest BCUT2D eigenvalue weighted by Gasteiger charge is 2.21. The van der Waals surface area contributed by atoms with Crippen LogP contribution in [0.5, 0.6) is 0 Å². The summed E-state index contributed by atoms with van der Waals surface area (Å²) in [7, 11) is 2.17. The molecule has 4 nitrogen and oxygen atoms in total. The smallest absolute Gasteiger partial charge is 0.0629 e. The van der Waals surface area contributed by atoms with E-state index in [0.29, 0.717) is 17.9 Å². The first-order valence-corrected chi connectivity index (χ1v) is 9.16. The van der Waals surface area contributed by atoms with Gasteiger partial charge in [-0.2, -0.15) is 0 Å². The number of aliphatic imine (C=N–C) groups is 2. The average Bonchev–Trinajstić information content (AvgIpc) is 2.53.